The first-order chi connectivity index (χ1) is 15.5. The number of phenols is 1. The second-order valence-electron chi connectivity index (χ2n) is 9.34. The smallest absolute Gasteiger partial charge is 0.254 e. The highest BCUT2D eigenvalue weighted by atomic mass is 79.9. The standard InChI is InChI=1S/C23H21BrCl2N2O5/c1-9-5-11(6-10(2)17(9)29)16-12-3-4-13-15(19(31)27-18(13)30)14(12)7-22(25)20(32)28(8-24)21(33)23(16,22)26/h3,5-6,13-16,29H,4,7-8H2,1-2H3,(H,27,30,31). The summed E-state index contributed by atoms with van der Waals surface area (Å²) < 4.78 is 0. The van der Waals surface area contributed by atoms with Crippen LogP contribution in [0.1, 0.15) is 35.4 Å². The maximum absolute atomic E-state index is 13.6. The van der Waals surface area contributed by atoms with E-state index in [-0.39, 0.29) is 23.5 Å². The number of hydrogen-bond acceptors (Lipinski definition) is 5. The zero-order valence-corrected chi connectivity index (χ0v) is 20.9. The first kappa shape index (κ1) is 22.9. The molecule has 174 valence electrons. The molecule has 0 radical (unpaired) electrons. The molecule has 10 heteroatoms. The largest absolute Gasteiger partial charge is 0.507 e. The van der Waals surface area contributed by atoms with Crippen LogP contribution >= 0.6 is 39.1 Å². The van der Waals surface area contributed by atoms with E-state index in [1.165, 1.54) is 0 Å². The molecule has 2 heterocycles. The summed E-state index contributed by atoms with van der Waals surface area (Å²) in [7, 11) is 0. The number of nitrogens with zero attached hydrogens (tertiary/aromatic N) is 1. The first-order valence-corrected chi connectivity index (χ1v) is 12.5. The van der Waals surface area contributed by atoms with Crippen molar-refractivity contribution in [2.45, 2.75) is 42.4 Å². The highest BCUT2D eigenvalue weighted by Gasteiger charge is 2.76. The summed E-state index contributed by atoms with van der Waals surface area (Å²) in [5, 5.41) is 12.7. The third-order valence-corrected chi connectivity index (χ3v) is 9.62. The van der Waals surface area contributed by atoms with Crippen LogP contribution in [0.3, 0.4) is 0 Å². The molecule has 0 spiro atoms. The molecule has 1 saturated carbocycles. The number of nitrogens with one attached hydrogen (secondary N) is 1. The van der Waals surface area contributed by atoms with Gasteiger partial charge in [-0.1, -0.05) is 39.7 Å². The Balaban J connectivity index is 1.78. The van der Waals surface area contributed by atoms with Crippen LogP contribution in [0, 0.1) is 31.6 Å². The van der Waals surface area contributed by atoms with Gasteiger partial charge in [-0.3, -0.25) is 29.4 Å². The molecule has 6 unspecified atom stereocenters. The van der Waals surface area contributed by atoms with Crippen LogP contribution in [0.5, 0.6) is 5.75 Å². The Bertz CT molecular complexity index is 1160. The summed E-state index contributed by atoms with van der Waals surface area (Å²) in [5.41, 5.74) is 2.46. The van der Waals surface area contributed by atoms with Gasteiger partial charge in [0.2, 0.25) is 11.8 Å². The van der Waals surface area contributed by atoms with E-state index in [0.29, 0.717) is 23.1 Å². The normalized spacial score (nSPS) is 37.5. The fraction of sp³-hybridized carbons (Fsp3) is 0.478. The average Bonchev–Trinajstić information content (AvgIpc) is 3.13. The third kappa shape index (κ3) is 2.74. The molecule has 0 bridgehead atoms. The first-order valence-electron chi connectivity index (χ1n) is 10.6. The Morgan fingerprint density at radius 2 is 1.73 bits per heavy atom. The van der Waals surface area contributed by atoms with Crippen molar-refractivity contribution >= 4 is 62.8 Å². The van der Waals surface area contributed by atoms with E-state index in [2.05, 4.69) is 21.2 Å². The fourth-order valence-electron chi connectivity index (χ4n) is 6.19. The lowest BCUT2D eigenvalue weighted by Gasteiger charge is -2.50. The van der Waals surface area contributed by atoms with Crippen molar-refractivity contribution in [3.8, 4) is 5.75 Å². The predicted molar refractivity (Wildman–Crippen MR) is 124 cm³/mol. The molecule has 7 nitrogen and oxygen atoms in total. The van der Waals surface area contributed by atoms with Crippen molar-refractivity contribution in [2.24, 2.45) is 17.8 Å². The highest BCUT2D eigenvalue weighted by molar-refractivity contribution is 9.09. The van der Waals surface area contributed by atoms with Gasteiger partial charge in [0, 0.05) is 5.92 Å². The van der Waals surface area contributed by atoms with Crippen LogP contribution in [-0.2, 0) is 19.2 Å². The number of likely N-dealkylation sites (tertiary alicyclic amines) is 1. The number of carbonyl (C=O) groups excluding carboxylic acids is 4. The number of rotatable bonds is 2. The minimum atomic E-state index is -1.83. The lowest BCUT2D eigenvalue weighted by atomic mass is 9.56. The maximum Gasteiger partial charge on any atom is 0.254 e. The van der Waals surface area contributed by atoms with Gasteiger partial charge in [-0.25, -0.2) is 0 Å². The summed E-state index contributed by atoms with van der Waals surface area (Å²) in [5.74, 6) is -4.42. The lowest BCUT2D eigenvalue weighted by Crippen LogP contribution is -2.60. The number of benzene rings is 1. The number of allylic oxidation sites excluding steroid dienone is 2. The number of halogens is 3. The van der Waals surface area contributed by atoms with Crippen molar-refractivity contribution in [2.75, 3.05) is 5.45 Å². The minimum Gasteiger partial charge on any atom is -0.507 e. The van der Waals surface area contributed by atoms with Gasteiger partial charge in [-0.15, -0.1) is 23.2 Å². The quantitative estimate of drug-likeness (QED) is 0.253. The van der Waals surface area contributed by atoms with Crippen molar-refractivity contribution in [1.82, 2.24) is 10.2 Å². The predicted octanol–water partition coefficient (Wildman–Crippen LogP) is 3.01. The SMILES string of the molecule is Cc1cc(C2C3=CCC4C(=O)NC(=O)C4C3CC3(Cl)C(=O)N(CBr)C(=O)C23Cl)cc(C)c1O. The number of phenolic OH excluding ortho intramolecular Hbond substituents is 1. The number of aromatic hydroxyl groups is 1. The Kier molecular flexibility index (Phi) is 5.06. The number of amides is 4. The van der Waals surface area contributed by atoms with Crippen LogP contribution in [0.4, 0.5) is 0 Å². The Hall–Kier alpha value is -1.90. The molecule has 3 fully saturated rings. The van der Waals surface area contributed by atoms with E-state index >= 15 is 0 Å². The monoisotopic (exact) mass is 554 g/mol. The van der Waals surface area contributed by atoms with Gasteiger partial charge in [0.05, 0.1) is 17.3 Å². The van der Waals surface area contributed by atoms with E-state index in [1.807, 2.05) is 6.08 Å². The van der Waals surface area contributed by atoms with Gasteiger partial charge in [-0.05, 0) is 49.3 Å². The Morgan fingerprint density at radius 3 is 2.33 bits per heavy atom. The fourth-order valence-corrected chi connectivity index (χ4v) is 7.62. The molecule has 1 aromatic rings. The van der Waals surface area contributed by atoms with Crippen LogP contribution in [0.2, 0.25) is 0 Å². The van der Waals surface area contributed by atoms with Crippen molar-refractivity contribution in [3.63, 3.8) is 0 Å². The third-order valence-electron chi connectivity index (χ3n) is 7.70. The summed E-state index contributed by atoms with van der Waals surface area (Å²) in [6.45, 7) is 3.48. The number of alkyl halides is 3. The van der Waals surface area contributed by atoms with Crippen LogP contribution in [0.25, 0.3) is 0 Å². The maximum atomic E-state index is 13.6. The minimum absolute atomic E-state index is 0.0353. The van der Waals surface area contributed by atoms with Gasteiger partial charge >= 0.3 is 0 Å². The molecule has 4 aliphatic rings. The lowest BCUT2D eigenvalue weighted by molar-refractivity contribution is -0.138. The van der Waals surface area contributed by atoms with E-state index in [9.17, 15) is 24.3 Å². The van der Waals surface area contributed by atoms with Crippen LogP contribution in [-0.4, -0.2) is 48.8 Å². The summed E-state index contributed by atoms with van der Waals surface area (Å²) in [4.78, 5) is 49.5. The Labute approximate surface area is 208 Å². The number of carbonyl (C=O) groups is 4. The molecule has 2 N–H and O–H groups in total. The van der Waals surface area contributed by atoms with Crippen molar-refractivity contribution in [1.29, 1.82) is 0 Å². The van der Waals surface area contributed by atoms with Crippen molar-refractivity contribution in [3.05, 3.63) is 40.5 Å². The molecule has 5 rings (SSSR count). The van der Waals surface area contributed by atoms with E-state index in [0.717, 1.165) is 10.5 Å². The number of aryl methyl sites for hydroxylation is 2. The molecular weight excluding hydrogens is 535 g/mol. The highest BCUT2D eigenvalue weighted by Crippen LogP contribution is 2.65. The average molecular weight is 556 g/mol. The van der Waals surface area contributed by atoms with Gasteiger partial charge in [0.25, 0.3) is 11.8 Å². The zero-order chi connectivity index (χ0) is 24.0. The van der Waals surface area contributed by atoms with Crippen molar-refractivity contribution < 1.29 is 24.3 Å². The molecular formula is C23H21BrCl2N2O5. The van der Waals surface area contributed by atoms with Gasteiger partial charge in [0.15, 0.2) is 9.75 Å². The topological polar surface area (TPSA) is 104 Å². The molecule has 2 aliphatic heterocycles. The summed E-state index contributed by atoms with van der Waals surface area (Å²) in [6.07, 6.45) is 2.17. The molecule has 0 aromatic heterocycles. The molecule has 1 aromatic carbocycles. The molecule has 2 saturated heterocycles. The van der Waals surface area contributed by atoms with E-state index in [4.69, 9.17) is 23.2 Å². The second-order valence-corrected chi connectivity index (χ2v) is 11.1. The second kappa shape index (κ2) is 7.30. The summed E-state index contributed by atoms with van der Waals surface area (Å²) in [6, 6.07) is 3.47. The van der Waals surface area contributed by atoms with E-state index < -0.39 is 51.1 Å². The molecule has 33 heavy (non-hydrogen) atoms. The number of hydrogen-bond donors (Lipinski definition) is 2. The van der Waals surface area contributed by atoms with Gasteiger partial charge < -0.3 is 5.11 Å². The molecule has 6 atom stereocenters. The van der Waals surface area contributed by atoms with E-state index in [1.54, 1.807) is 26.0 Å². The van der Waals surface area contributed by atoms with Gasteiger partial charge in [0.1, 0.15) is 5.75 Å². The number of imide groups is 2. The summed E-state index contributed by atoms with van der Waals surface area (Å²) >= 11 is 17.4. The van der Waals surface area contributed by atoms with Crippen LogP contribution in [0.15, 0.2) is 23.8 Å². The molecule has 4 amide bonds. The Morgan fingerprint density at radius 1 is 1.09 bits per heavy atom. The number of fused-ring (bicyclic) bond motifs is 4. The van der Waals surface area contributed by atoms with Crippen LogP contribution < -0.4 is 5.32 Å². The molecule has 2 aliphatic carbocycles. The zero-order valence-electron chi connectivity index (χ0n) is 17.8. The van der Waals surface area contributed by atoms with Gasteiger partial charge in [-0.2, -0.15) is 0 Å².